The van der Waals surface area contributed by atoms with Crippen molar-refractivity contribution in [2.45, 2.75) is 51.1 Å². The fraction of sp³-hybridized carbons (Fsp3) is 0.464. The monoisotopic (exact) mass is 610 g/mol. The van der Waals surface area contributed by atoms with Crippen LogP contribution in [0.2, 0.25) is 0 Å². The predicted molar refractivity (Wildman–Crippen MR) is 143 cm³/mol. The third-order valence-corrected chi connectivity index (χ3v) is 7.18. The maximum Gasteiger partial charge on any atom is 0.408 e. The van der Waals surface area contributed by atoms with Crippen LogP contribution in [-0.4, -0.2) is 82.3 Å². The predicted octanol–water partition coefficient (Wildman–Crippen LogP) is 2.32. The van der Waals surface area contributed by atoms with Crippen molar-refractivity contribution in [3.63, 3.8) is 0 Å². The number of aromatic nitrogens is 1. The maximum absolute atomic E-state index is 14.1. The first kappa shape index (κ1) is 31.9. The number of rotatable bonds is 10. The van der Waals surface area contributed by atoms with Crippen LogP contribution in [0.3, 0.4) is 0 Å². The van der Waals surface area contributed by atoms with Gasteiger partial charge < -0.3 is 20.7 Å². The van der Waals surface area contributed by atoms with Crippen molar-refractivity contribution in [2.24, 2.45) is 16.3 Å². The molecule has 2 aliphatic rings. The second kappa shape index (κ2) is 12.3. The van der Waals surface area contributed by atoms with Gasteiger partial charge in [0.25, 0.3) is 5.91 Å². The first-order valence-electron chi connectivity index (χ1n) is 13.4. The Kier molecular flexibility index (Phi) is 9.16. The number of halogens is 5. The number of nitrogens with zero attached hydrogens (tertiary/aromatic N) is 4. The van der Waals surface area contributed by atoms with Gasteiger partial charge in [-0.3, -0.25) is 19.4 Å². The molecule has 2 aliphatic heterocycles. The SMILES string of the molecule is CC(C)(N)C(=O)N[C@H](COCc1ccc(F)cc1F)C(=O)N1CC[C@]2(Cc3ccccn3)C(=O)N(CC(F)(F)F)N=C2C1. The Hall–Kier alpha value is -3.98. The minimum Gasteiger partial charge on any atom is -0.374 e. The highest BCUT2D eigenvalue weighted by atomic mass is 19.4. The van der Waals surface area contributed by atoms with E-state index < -0.39 is 65.7 Å². The second-order valence-electron chi connectivity index (χ2n) is 11.1. The number of carbonyl (C=O) groups excluding carboxylic acids is 3. The van der Waals surface area contributed by atoms with Crippen molar-refractivity contribution in [2.75, 3.05) is 26.2 Å². The molecule has 43 heavy (non-hydrogen) atoms. The summed E-state index contributed by atoms with van der Waals surface area (Å²) in [5.41, 5.74) is 3.59. The molecule has 1 fully saturated rings. The average Bonchev–Trinajstić information content (AvgIpc) is 3.17. The first-order chi connectivity index (χ1) is 20.1. The van der Waals surface area contributed by atoms with Crippen molar-refractivity contribution >= 4 is 23.4 Å². The van der Waals surface area contributed by atoms with Crippen LogP contribution in [0.1, 0.15) is 31.5 Å². The Morgan fingerprint density at radius 2 is 1.93 bits per heavy atom. The fourth-order valence-corrected chi connectivity index (χ4v) is 4.88. The number of hydrogen-bond acceptors (Lipinski definition) is 7. The molecule has 1 aromatic heterocycles. The van der Waals surface area contributed by atoms with Crippen LogP contribution in [0.5, 0.6) is 0 Å². The van der Waals surface area contributed by atoms with E-state index in [-0.39, 0.29) is 43.8 Å². The fourth-order valence-electron chi connectivity index (χ4n) is 4.88. The largest absolute Gasteiger partial charge is 0.408 e. The summed E-state index contributed by atoms with van der Waals surface area (Å²) in [4.78, 5) is 45.2. The molecule has 0 bridgehead atoms. The topological polar surface area (TPSA) is 130 Å². The quantitative estimate of drug-likeness (QED) is 0.398. The lowest BCUT2D eigenvalue weighted by molar-refractivity contribution is -0.163. The van der Waals surface area contributed by atoms with E-state index in [4.69, 9.17) is 10.5 Å². The third-order valence-electron chi connectivity index (χ3n) is 7.18. The highest BCUT2D eigenvalue weighted by Crippen LogP contribution is 2.40. The van der Waals surface area contributed by atoms with Crippen molar-refractivity contribution < 1.29 is 41.1 Å². The molecule has 3 N–H and O–H groups in total. The van der Waals surface area contributed by atoms with Crippen LogP contribution < -0.4 is 11.1 Å². The Balaban J connectivity index is 1.56. The lowest BCUT2D eigenvalue weighted by Gasteiger charge is -2.39. The summed E-state index contributed by atoms with van der Waals surface area (Å²) >= 11 is 0. The Morgan fingerprint density at radius 3 is 2.56 bits per heavy atom. The third kappa shape index (κ3) is 7.51. The summed E-state index contributed by atoms with van der Waals surface area (Å²) in [6.45, 7) is 0.111. The number of alkyl halides is 3. The van der Waals surface area contributed by atoms with E-state index in [9.17, 15) is 36.3 Å². The van der Waals surface area contributed by atoms with Crippen LogP contribution in [0, 0.1) is 17.0 Å². The number of hydrazone groups is 1. The normalized spacial score (nSPS) is 19.6. The molecule has 0 aliphatic carbocycles. The van der Waals surface area contributed by atoms with Crippen LogP contribution in [-0.2, 0) is 32.1 Å². The van der Waals surface area contributed by atoms with Gasteiger partial charge in [-0.05, 0) is 38.5 Å². The Bertz CT molecular complexity index is 1400. The number of pyridine rings is 1. The second-order valence-corrected chi connectivity index (χ2v) is 11.1. The number of hydrogen-bond donors (Lipinski definition) is 2. The summed E-state index contributed by atoms with van der Waals surface area (Å²) in [6, 6.07) is 6.56. The maximum atomic E-state index is 14.1. The lowest BCUT2D eigenvalue weighted by atomic mass is 9.73. The molecular weight excluding hydrogens is 579 g/mol. The number of amides is 3. The van der Waals surface area contributed by atoms with Gasteiger partial charge in [0, 0.05) is 36.5 Å². The Labute approximate surface area is 244 Å². The van der Waals surface area contributed by atoms with E-state index in [0.717, 1.165) is 6.07 Å². The molecule has 0 radical (unpaired) electrons. The van der Waals surface area contributed by atoms with Gasteiger partial charge in [-0.2, -0.15) is 18.3 Å². The van der Waals surface area contributed by atoms with Gasteiger partial charge in [-0.1, -0.05) is 12.1 Å². The zero-order chi connectivity index (χ0) is 31.6. The van der Waals surface area contributed by atoms with Crippen LogP contribution in [0.4, 0.5) is 22.0 Å². The molecule has 4 rings (SSSR count). The average molecular weight is 611 g/mol. The molecule has 10 nitrogen and oxygen atoms in total. The summed E-state index contributed by atoms with van der Waals surface area (Å²) in [6.07, 6.45) is -3.28. The van der Waals surface area contributed by atoms with E-state index in [0.29, 0.717) is 16.8 Å². The highest BCUT2D eigenvalue weighted by Gasteiger charge is 2.55. The van der Waals surface area contributed by atoms with Gasteiger partial charge in [-0.25, -0.2) is 13.8 Å². The molecule has 0 unspecified atom stereocenters. The summed E-state index contributed by atoms with van der Waals surface area (Å²) in [5, 5.41) is 6.89. The number of nitrogens with one attached hydrogen (secondary N) is 1. The summed E-state index contributed by atoms with van der Waals surface area (Å²) in [7, 11) is 0. The smallest absolute Gasteiger partial charge is 0.374 e. The van der Waals surface area contributed by atoms with Gasteiger partial charge in [0.05, 0.1) is 31.0 Å². The minimum absolute atomic E-state index is 0.0129. The van der Waals surface area contributed by atoms with Gasteiger partial charge in [-0.15, -0.1) is 0 Å². The summed E-state index contributed by atoms with van der Waals surface area (Å²) in [5.74, 6) is -3.85. The number of nitrogens with two attached hydrogens (primary N) is 1. The number of benzene rings is 1. The first-order valence-corrected chi connectivity index (χ1v) is 13.4. The number of ether oxygens (including phenoxy) is 1. The number of piperidine rings is 1. The molecule has 1 aromatic carbocycles. The minimum atomic E-state index is -4.71. The molecule has 2 atom stereocenters. The van der Waals surface area contributed by atoms with E-state index in [1.165, 1.54) is 31.0 Å². The van der Waals surface area contributed by atoms with Crippen molar-refractivity contribution in [3.8, 4) is 0 Å². The van der Waals surface area contributed by atoms with E-state index in [1.807, 2.05) is 0 Å². The van der Waals surface area contributed by atoms with Crippen molar-refractivity contribution in [1.29, 1.82) is 0 Å². The number of likely N-dealkylation sites (tertiary alicyclic amines) is 1. The molecule has 1 saturated heterocycles. The molecule has 3 amide bonds. The van der Waals surface area contributed by atoms with Gasteiger partial charge in [0.1, 0.15) is 29.6 Å². The van der Waals surface area contributed by atoms with Crippen molar-refractivity contribution in [3.05, 3.63) is 65.5 Å². The van der Waals surface area contributed by atoms with Gasteiger partial charge in [0.2, 0.25) is 11.8 Å². The molecule has 0 spiro atoms. The van der Waals surface area contributed by atoms with E-state index >= 15 is 0 Å². The van der Waals surface area contributed by atoms with Crippen LogP contribution >= 0.6 is 0 Å². The zero-order valence-corrected chi connectivity index (χ0v) is 23.5. The summed E-state index contributed by atoms with van der Waals surface area (Å²) < 4.78 is 72.7. The molecule has 232 valence electrons. The lowest BCUT2D eigenvalue weighted by Crippen LogP contribution is -2.60. The Morgan fingerprint density at radius 1 is 1.19 bits per heavy atom. The highest BCUT2D eigenvalue weighted by molar-refractivity contribution is 6.14. The van der Waals surface area contributed by atoms with Gasteiger partial charge >= 0.3 is 6.18 Å². The standard InChI is InChI=1S/C28H31F5N6O4/c1-26(2,34)24(41)36-21(15-43-14-17-6-7-18(29)11-20(17)30)23(40)38-10-8-27(12-19-5-3-4-9-35-19)22(13-38)37-39(25(27)42)16-28(31,32)33/h3-7,9,11,21H,8,10,12-16,34H2,1-2H3,(H,36,41)/t21-,27-/m1/s1. The van der Waals surface area contributed by atoms with Gasteiger partial charge in [0.15, 0.2) is 0 Å². The number of carbonyl (C=O) groups is 3. The van der Waals surface area contributed by atoms with E-state index in [2.05, 4.69) is 15.4 Å². The zero-order valence-electron chi connectivity index (χ0n) is 23.5. The van der Waals surface area contributed by atoms with E-state index in [1.54, 1.807) is 18.2 Å². The van der Waals surface area contributed by atoms with Crippen molar-refractivity contribution in [1.82, 2.24) is 20.2 Å². The van der Waals surface area contributed by atoms with Crippen LogP contribution in [0.15, 0.2) is 47.7 Å². The number of fused-ring (bicyclic) bond motifs is 1. The molecular formula is C28H31F5N6O4. The molecule has 3 heterocycles. The molecule has 0 saturated carbocycles. The molecule has 2 aromatic rings. The van der Waals surface area contributed by atoms with Crippen LogP contribution in [0.25, 0.3) is 0 Å². The molecule has 15 heteroatoms.